The predicted molar refractivity (Wildman–Crippen MR) is 109 cm³/mol. The first-order valence-electron chi connectivity index (χ1n) is 8.94. The van der Waals surface area contributed by atoms with Crippen LogP contribution in [0, 0.1) is 5.82 Å². The molecule has 1 amide bonds. The molecule has 158 valence electrons. The van der Waals surface area contributed by atoms with E-state index < -0.39 is 27.8 Å². The van der Waals surface area contributed by atoms with Gasteiger partial charge in [0, 0.05) is 0 Å². The second-order valence-electron chi connectivity index (χ2n) is 6.61. The predicted octanol–water partition coefficient (Wildman–Crippen LogP) is 2.57. The standard InChI is InChI=1S/C20H25FN2O5S/c1-14(13-28-19-10-8-18(27-3)9-11-19)22-20(24)15(2)23(29(4,25)26)17-7-5-6-16(21)12-17/h5-12,14-15H,13H2,1-4H3,(H,22,24)/t14-,15-/m1/s1. The molecule has 0 saturated carbocycles. The van der Waals surface area contributed by atoms with Gasteiger partial charge in [-0.2, -0.15) is 0 Å². The third kappa shape index (κ3) is 6.35. The van der Waals surface area contributed by atoms with Crippen LogP contribution in [0.15, 0.2) is 48.5 Å². The zero-order valence-electron chi connectivity index (χ0n) is 16.8. The second kappa shape index (κ2) is 9.60. The topological polar surface area (TPSA) is 84.9 Å². The molecule has 1 N–H and O–H groups in total. The zero-order chi connectivity index (χ0) is 21.6. The molecule has 7 nitrogen and oxygen atoms in total. The average Bonchev–Trinajstić information content (AvgIpc) is 2.65. The van der Waals surface area contributed by atoms with Crippen molar-refractivity contribution in [1.82, 2.24) is 5.32 Å². The van der Waals surface area contributed by atoms with Crippen LogP contribution in [-0.4, -0.2) is 46.4 Å². The second-order valence-corrected chi connectivity index (χ2v) is 8.47. The Morgan fingerprint density at radius 1 is 1.14 bits per heavy atom. The van der Waals surface area contributed by atoms with Gasteiger partial charge in [-0.05, 0) is 56.3 Å². The first-order valence-corrected chi connectivity index (χ1v) is 10.8. The molecule has 0 fully saturated rings. The van der Waals surface area contributed by atoms with Crippen molar-refractivity contribution in [1.29, 1.82) is 0 Å². The molecule has 0 spiro atoms. The van der Waals surface area contributed by atoms with Crippen LogP contribution in [0.1, 0.15) is 13.8 Å². The molecule has 0 unspecified atom stereocenters. The molecule has 0 aliphatic rings. The summed E-state index contributed by atoms with van der Waals surface area (Å²) in [6.07, 6.45) is 0.970. The average molecular weight is 424 g/mol. The molecule has 0 radical (unpaired) electrons. The lowest BCUT2D eigenvalue weighted by Crippen LogP contribution is -2.50. The van der Waals surface area contributed by atoms with Crippen molar-refractivity contribution in [3.63, 3.8) is 0 Å². The van der Waals surface area contributed by atoms with Gasteiger partial charge in [0.25, 0.3) is 0 Å². The van der Waals surface area contributed by atoms with E-state index in [9.17, 15) is 17.6 Å². The van der Waals surface area contributed by atoms with Gasteiger partial charge in [0.1, 0.15) is 30.0 Å². The Morgan fingerprint density at radius 3 is 2.31 bits per heavy atom. The summed E-state index contributed by atoms with van der Waals surface area (Å²) in [7, 11) is -2.25. The molecule has 0 bridgehead atoms. The highest BCUT2D eigenvalue weighted by Gasteiger charge is 2.30. The van der Waals surface area contributed by atoms with Crippen LogP contribution in [0.3, 0.4) is 0 Å². The molecule has 29 heavy (non-hydrogen) atoms. The first kappa shape index (κ1) is 22.5. The van der Waals surface area contributed by atoms with Gasteiger partial charge in [0.2, 0.25) is 15.9 Å². The van der Waals surface area contributed by atoms with Gasteiger partial charge in [-0.25, -0.2) is 12.8 Å². The van der Waals surface area contributed by atoms with Gasteiger partial charge in [-0.3, -0.25) is 9.10 Å². The fourth-order valence-corrected chi connectivity index (χ4v) is 3.89. The fourth-order valence-electron chi connectivity index (χ4n) is 2.72. The van der Waals surface area contributed by atoms with E-state index in [0.717, 1.165) is 16.6 Å². The van der Waals surface area contributed by atoms with Crippen LogP contribution in [0.5, 0.6) is 11.5 Å². The quantitative estimate of drug-likeness (QED) is 0.669. The van der Waals surface area contributed by atoms with Gasteiger partial charge < -0.3 is 14.8 Å². The summed E-state index contributed by atoms with van der Waals surface area (Å²) < 4.78 is 49.6. The Kier molecular flexibility index (Phi) is 7.44. The lowest BCUT2D eigenvalue weighted by Gasteiger charge is -2.29. The van der Waals surface area contributed by atoms with E-state index in [4.69, 9.17) is 9.47 Å². The van der Waals surface area contributed by atoms with Crippen molar-refractivity contribution in [3.05, 3.63) is 54.3 Å². The molecule has 9 heteroatoms. The van der Waals surface area contributed by atoms with Crippen molar-refractivity contribution < 1.29 is 27.1 Å². The molecule has 0 heterocycles. The van der Waals surface area contributed by atoms with Crippen LogP contribution >= 0.6 is 0 Å². The zero-order valence-corrected chi connectivity index (χ0v) is 17.6. The lowest BCUT2D eigenvalue weighted by molar-refractivity contribution is -0.122. The Hall–Kier alpha value is -2.81. The minimum Gasteiger partial charge on any atom is -0.497 e. The number of anilines is 1. The number of hydrogen-bond donors (Lipinski definition) is 1. The maximum Gasteiger partial charge on any atom is 0.243 e. The number of amides is 1. The summed E-state index contributed by atoms with van der Waals surface area (Å²) in [5.74, 6) is 0.193. The molecule has 2 aromatic rings. The number of methoxy groups -OCH3 is 1. The fraction of sp³-hybridized carbons (Fsp3) is 0.350. The van der Waals surface area contributed by atoms with Crippen LogP contribution in [0.4, 0.5) is 10.1 Å². The third-order valence-electron chi connectivity index (χ3n) is 4.10. The van der Waals surface area contributed by atoms with Crippen molar-refractivity contribution in [2.75, 3.05) is 24.3 Å². The Labute approximate surface area is 170 Å². The number of sulfonamides is 1. The molecule has 0 aromatic heterocycles. The largest absolute Gasteiger partial charge is 0.497 e. The molecule has 0 saturated heterocycles. The van der Waals surface area contributed by atoms with Crippen LogP contribution in [-0.2, 0) is 14.8 Å². The number of hydrogen-bond acceptors (Lipinski definition) is 5. The Balaban J connectivity index is 2.02. The highest BCUT2D eigenvalue weighted by molar-refractivity contribution is 7.92. The molecule has 0 aliphatic carbocycles. The van der Waals surface area contributed by atoms with E-state index in [2.05, 4.69) is 5.32 Å². The van der Waals surface area contributed by atoms with Crippen molar-refractivity contribution in [3.8, 4) is 11.5 Å². The summed E-state index contributed by atoms with van der Waals surface area (Å²) >= 11 is 0. The van der Waals surface area contributed by atoms with E-state index >= 15 is 0 Å². The van der Waals surface area contributed by atoms with E-state index in [1.807, 2.05) is 0 Å². The monoisotopic (exact) mass is 424 g/mol. The van der Waals surface area contributed by atoms with Gasteiger partial charge in [0.15, 0.2) is 0 Å². The molecule has 2 aromatic carbocycles. The van der Waals surface area contributed by atoms with Crippen molar-refractivity contribution in [2.24, 2.45) is 0 Å². The highest BCUT2D eigenvalue weighted by Crippen LogP contribution is 2.22. The first-order chi connectivity index (χ1) is 13.6. The van der Waals surface area contributed by atoms with Crippen LogP contribution < -0.4 is 19.1 Å². The van der Waals surface area contributed by atoms with E-state index in [1.54, 1.807) is 38.3 Å². The number of nitrogens with one attached hydrogen (secondary N) is 1. The maximum atomic E-state index is 13.6. The lowest BCUT2D eigenvalue weighted by atomic mass is 10.2. The van der Waals surface area contributed by atoms with Crippen molar-refractivity contribution in [2.45, 2.75) is 25.9 Å². The summed E-state index contributed by atoms with van der Waals surface area (Å²) in [4.78, 5) is 12.6. The SMILES string of the molecule is COc1ccc(OC[C@@H](C)NC(=O)[C@@H](C)N(c2cccc(F)c2)S(C)(=O)=O)cc1. The number of nitrogens with zero attached hydrogens (tertiary/aromatic N) is 1. The molecule has 2 rings (SSSR count). The number of carbonyl (C=O) groups excluding carboxylic acids is 1. The minimum atomic E-state index is -3.81. The Morgan fingerprint density at radius 2 is 1.76 bits per heavy atom. The summed E-state index contributed by atoms with van der Waals surface area (Å²) in [5, 5.41) is 2.72. The van der Waals surface area contributed by atoms with Gasteiger partial charge in [-0.15, -0.1) is 0 Å². The summed E-state index contributed by atoms with van der Waals surface area (Å²) in [6, 6.07) is 10.6. The summed E-state index contributed by atoms with van der Waals surface area (Å²) in [6.45, 7) is 3.36. The van der Waals surface area contributed by atoms with Gasteiger partial charge in [0.05, 0.1) is 25.1 Å². The van der Waals surface area contributed by atoms with Gasteiger partial charge >= 0.3 is 0 Å². The van der Waals surface area contributed by atoms with E-state index in [-0.39, 0.29) is 18.3 Å². The minimum absolute atomic E-state index is 0.0808. The summed E-state index contributed by atoms with van der Waals surface area (Å²) in [5.41, 5.74) is 0.0808. The van der Waals surface area contributed by atoms with E-state index in [0.29, 0.717) is 11.5 Å². The van der Waals surface area contributed by atoms with Gasteiger partial charge in [-0.1, -0.05) is 6.07 Å². The maximum absolute atomic E-state index is 13.6. The van der Waals surface area contributed by atoms with Crippen LogP contribution in [0.25, 0.3) is 0 Å². The molecular weight excluding hydrogens is 399 g/mol. The highest BCUT2D eigenvalue weighted by atomic mass is 32.2. The molecule has 0 aliphatic heterocycles. The number of carbonyl (C=O) groups is 1. The third-order valence-corrected chi connectivity index (χ3v) is 5.34. The Bertz CT molecular complexity index is 934. The van der Waals surface area contributed by atoms with Crippen LogP contribution in [0.2, 0.25) is 0 Å². The number of halogens is 1. The van der Waals surface area contributed by atoms with E-state index in [1.165, 1.54) is 25.1 Å². The number of rotatable bonds is 9. The normalized spacial score (nSPS) is 13.3. The molecular formula is C20H25FN2O5S. The number of ether oxygens (including phenoxy) is 2. The molecule has 2 atom stereocenters. The van der Waals surface area contributed by atoms with Crippen molar-refractivity contribution >= 4 is 21.6 Å². The smallest absolute Gasteiger partial charge is 0.243 e. The number of benzene rings is 2.